The Morgan fingerprint density at radius 3 is 2.70 bits per heavy atom. The second-order valence-corrected chi connectivity index (χ2v) is 5.55. The number of nitrogens with zero attached hydrogens (tertiary/aromatic N) is 1. The van der Waals surface area contributed by atoms with Crippen molar-refractivity contribution >= 4 is 5.91 Å². The maximum atomic E-state index is 12.5. The molecule has 0 aromatic heterocycles. The molecule has 0 saturated carbocycles. The summed E-state index contributed by atoms with van der Waals surface area (Å²) >= 11 is 0. The third kappa shape index (κ3) is 3.22. The van der Waals surface area contributed by atoms with Gasteiger partial charge in [-0.1, -0.05) is 0 Å². The van der Waals surface area contributed by atoms with E-state index in [2.05, 4.69) is 5.32 Å². The van der Waals surface area contributed by atoms with Crippen molar-refractivity contribution in [1.29, 1.82) is 0 Å². The zero-order valence-corrected chi connectivity index (χ0v) is 12.0. The Hall–Kier alpha value is -1.75. The van der Waals surface area contributed by atoms with E-state index in [4.69, 9.17) is 0 Å². The molecule has 1 aromatic rings. The van der Waals surface area contributed by atoms with Crippen LogP contribution in [-0.4, -0.2) is 46.2 Å². The maximum Gasteiger partial charge on any atom is 0.254 e. The van der Waals surface area contributed by atoms with Gasteiger partial charge in [0.05, 0.1) is 0 Å². The number of carbonyl (C=O) groups excluding carboxylic acids is 1. The molecule has 0 radical (unpaired) electrons. The number of phenols is 2. The molecule has 2 rings (SSSR count). The van der Waals surface area contributed by atoms with Crippen LogP contribution in [0, 0.1) is 0 Å². The molecule has 1 atom stereocenters. The summed E-state index contributed by atoms with van der Waals surface area (Å²) in [5.74, 6) is -0.599. The van der Waals surface area contributed by atoms with Crippen molar-refractivity contribution in [2.45, 2.75) is 38.8 Å². The Labute approximate surface area is 119 Å². The van der Waals surface area contributed by atoms with Crippen molar-refractivity contribution in [3.63, 3.8) is 0 Å². The van der Waals surface area contributed by atoms with Gasteiger partial charge in [-0.15, -0.1) is 0 Å². The van der Waals surface area contributed by atoms with E-state index in [-0.39, 0.29) is 23.4 Å². The van der Waals surface area contributed by atoms with Gasteiger partial charge in [0.1, 0.15) is 0 Å². The molecule has 110 valence electrons. The highest BCUT2D eigenvalue weighted by atomic mass is 16.3. The molecule has 0 aliphatic carbocycles. The molecule has 3 N–H and O–H groups in total. The lowest BCUT2D eigenvalue weighted by Gasteiger charge is -2.29. The van der Waals surface area contributed by atoms with Crippen LogP contribution in [0.15, 0.2) is 18.2 Å². The molecule has 5 heteroatoms. The Morgan fingerprint density at radius 1 is 1.40 bits per heavy atom. The van der Waals surface area contributed by atoms with E-state index >= 15 is 0 Å². The number of phenolic OH excluding ortho intramolecular Hbond substituents is 2. The minimum absolute atomic E-state index is 0.0841. The van der Waals surface area contributed by atoms with Gasteiger partial charge in [0.15, 0.2) is 11.5 Å². The van der Waals surface area contributed by atoms with Gasteiger partial charge in [-0.25, -0.2) is 0 Å². The highest BCUT2D eigenvalue weighted by Gasteiger charge is 2.24. The summed E-state index contributed by atoms with van der Waals surface area (Å²) in [5, 5.41) is 22.2. The molecule has 1 aromatic carbocycles. The Morgan fingerprint density at radius 2 is 2.15 bits per heavy atom. The summed E-state index contributed by atoms with van der Waals surface area (Å²) in [7, 11) is 0. The van der Waals surface area contributed by atoms with Crippen LogP contribution in [0.25, 0.3) is 0 Å². The van der Waals surface area contributed by atoms with Crippen molar-refractivity contribution in [3.05, 3.63) is 23.8 Å². The number of benzene rings is 1. The molecule has 1 saturated heterocycles. The topological polar surface area (TPSA) is 72.8 Å². The lowest BCUT2D eigenvalue weighted by atomic mass is 10.1. The number of aromatic hydroxyl groups is 2. The van der Waals surface area contributed by atoms with Gasteiger partial charge in [-0.2, -0.15) is 0 Å². The minimum Gasteiger partial charge on any atom is -0.504 e. The third-order valence-corrected chi connectivity index (χ3v) is 3.69. The van der Waals surface area contributed by atoms with E-state index in [1.54, 1.807) is 4.90 Å². The monoisotopic (exact) mass is 278 g/mol. The van der Waals surface area contributed by atoms with E-state index < -0.39 is 0 Å². The van der Waals surface area contributed by atoms with Gasteiger partial charge >= 0.3 is 0 Å². The number of amides is 1. The molecule has 1 heterocycles. The summed E-state index contributed by atoms with van der Waals surface area (Å²) < 4.78 is 0. The highest BCUT2D eigenvalue weighted by Crippen LogP contribution is 2.26. The number of rotatable bonds is 4. The van der Waals surface area contributed by atoms with E-state index in [0.717, 1.165) is 19.4 Å². The summed E-state index contributed by atoms with van der Waals surface area (Å²) in [6.45, 7) is 5.63. The first-order valence-electron chi connectivity index (χ1n) is 7.05. The highest BCUT2D eigenvalue weighted by molar-refractivity contribution is 5.95. The smallest absolute Gasteiger partial charge is 0.254 e. The first kappa shape index (κ1) is 14.7. The predicted molar refractivity (Wildman–Crippen MR) is 77.0 cm³/mol. The molecule has 1 aliphatic heterocycles. The van der Waals surface area contributed by atoms with Gasteiger partial charge in [-0.3, -0.25) is 4.79 Å². The first-order chi connectivity index (χ1) is 9.49. The van der Waals surface area contributed by atoms with Gasteiger partial charge in [0.25, 0.3) is 5.91 Å². The van der Waals surface area contributed by atoms with Crippen LogP contribution >= 0.6 is 0 Å². The molecule has 1 fully saturated rings. The van der Waals surface area contributed by atoms with Gasteiger partial charge < -0.3 is 20.4 Å². The molecule has 0 spiro atoms. The van der Waals surface area contributed by atoms with E-state index in [1.807, 2.05) is 13.8 Å². The maximum absolute atomic E-state index is 12.5. The average Bonchev–Trinajstić information content (AvgIpc) is 2.91. The van der Waals surface area contributed by atoms with Crippen molar-refractivity contribution in [3.8, 4) is 11.5 Å². The quantitative estimate of drug-likeness (QED) is 0.733. The summed E-state index contributed by atoms with van der Waals surface area (Å²) in [4.78, 5) is 14.3. The molecular weight excluding hydrogens is 256 g/mol. The molecule has 0 bridgehead atoms. The number of carbonyl (C=O) groups is 1. The van der Waals surface area contributed by atoms with Crippen LogP contribution in [0.5, 0.6) is 11.5 Å². The van der Waals surface area contributed by atoms with E-state index in [9.17, 15) is 15.0 Å². The van der Waals surface area contributed by atoms with Crippen LogP contribution in [-0.2, 0) is 0 Å². The molecule has 20 heavy (non-hydrogen) atoms. The minimum atomic E-state index is -0.265. The van der Waals surface area contributed by atoms with Crippen LogP contribution in [0.2, 0.25) is 0 Å². The lowest BCUT2D eigenvalue weighted by Crippen LogP contribution is -2.44. The second kappa shape index (κ2) is 6.13. The summed E-state index contributed by atoms with van der Waals surface area (Å²) in [6, 6.07) is 4.62. The number of nitrogens with one attached hydrogen (secondary N) is 1. The van der Waals surface area contributed by atoms with Crippen molar-refractivity contribution < 1.29 is 15.0 Å². The van der Waals surface area contributed by atoms with Crippen molar-refractivity contribution in [2.75, 3.05) is 13.1 Å². The Kier molecular flexibility index (Phi) is 4.49. The Balaban J connectivity index is 2.15. The van der Waals surface area contributed by atoms with Gasteiger partial charge in [-0.05, 0) is 51.4 Å². The molecular formula is C15H22N2O3. The Bertz CT molecular complexity index is 482. The fourth-order valence-corrected chi connectivity index (χ4v) is 2.50. The van der Waals surface area contributed by atoms with Crippen LogP contribution in [0.4, 0.5) is 0 Å². The molecule has 1 aliphatic rings. The molecule has 1 amide bonds. The largest absolute Gasteiger partial charge is 0.504 e. The standard InChI is InChI=1S/C15H22N2O3/c1-10(2)17(9-12-4-3-7-16-12)15(20)11-5-6-13(18)14(19)8-11/h5-6,8,10,12,16,18-19H,3-4,7,9H2,1-2H3. The number of hydrogen-bond donors (Lipinski definition) is 3. The van der Waals surface area contributed by atoms with Crippen LogP contribution < -0.4 is 5.32 Å². The summed E-state index contributed by atoms with van der Waals surface area (Å²) in [6.07, 6.45) is 2.22. The normalized spacial score (nSPS) is 18.4. The fraction of sp³-hybridized carbons (Fsp3) is 0.533. The second-order valence-electron chi connectivity index (χ2n) is 5.55. The third-order valence-electron chi connectivity index (χ3n) is 3.69. The summed E-state index contributed by atoms with van der Waals surface area (Å²) in [5.41, 5.74) is 0.395. The first-order valence-corrected chi connectivity index (χ1v) is 7.05. The van der Waals surface area contributed by atoms with Crippen LogP contribution in [0.1, 0.15) is 37.0 Å². The average molecular weight is 278 g/mol. The zero-order valence-electron chi connectivity index (χ0n) is 12.0. The predicted octanol–water partition coefficient (Wildman–Crippen LogP) is 1.70. The number of hydrogen-bond acceptors (Lipinski definition) is 4. The van der Waals surface area contributed by atoms with Gasteiger partial charge in [0.2, 0.25) is 0 Å². The molecule has 1 unspecified atom stereocenters. The van der Waals surface area contributed by atoms with Crippen molar-refractivity contribution in [1.82, 2.24) is 10.2 Å². The fourth-order valence-electron chi connectivity index (χ4n) is 2.50. The SMILES string of the molecule is CC(C)N(CC1CCCN1)C(=O)c1ccc(O)c(O)c1. The van der Waals surface area contributed by atoms with E-state index in [0.29, 0.717) is 18.2 Å². The van der Waals surface area contributed by atoms with E-state index in [1.165, 1.54) is 18.2 Å². The molecule has 5 nitrogen and oxygen atoms in total. The van der Waals surface area contributed by atoms with Gasteiger partial charge in [0, 0.05) is 24.2 Å². The van der Waals surface area contributed by atoms with Crippen molar-refractivity contribution in [2.24, 2.45) is 0 Å². The van der Waals surface area contributed by atoms with Crippen LogP contribution in [0.3, 0.4) is 0 Å². The lowest BCUT2D eigenvalue weighted by molar-refractivity contribution is 0.0688. The zero-order chi connectivity index (χ0) is 14.7.